The van der Waals surface area contributed by atoms with E-state index in [2.05, 4.69) is 37.9 Å². The highest BCUT2D eigenvalue weighted by molar-refractivity contribution is 5.99. The van der Waals surface area contributed by atoms with Gasteiger partial charge in [-0.3, -0.25) is 4.99 Å². The average molecular weight is 260 g/mol. The Morgan fingerprint density at radius 1 is 1.32 bits per heavy atom. The summed E-state index contributed by atoms with van der Waals surface area (Å²) in [5.74, 6) is 0. The Labute approximate surface area is 118 Å². The van der Waals surface area contributed by atoms with Crippen LogP contribution in [0.3, 0.4) is 0 Å². The summed E-state index contributed by atoms with van der Waals surface area (Å²) in [4.78, 5) is 4.79. The number of nitrogens with one attached hydrogen (secondary N) is 1. The molecule has 1 heterocycles. The second-order valence-electron chi connectivity index (χ2n) is 5.27. The first-order chi connectivity index (χ1) is 9.13. The number of nitrogens with zero attached hydrogens (tertiary/aromatic N) is 1. The van der Waals surface area contributed by atoms with Crippen molar-refractivity contribution in [1.29, 1.82) is 0 Å². The van der Waals surface area contributed by atoms with Crippen LogP contribution in [0, 0.1) is 0 Å². The maximum atomic E-state index is 4.79. The van der Waals surface area contributed by atoms with E-state index in [-0.39, 0.29) is 0 Å². The van der Waals surface area contributed by atoms with Crippen LogP contribution in [0.2, 0.25) is 0 Å². The zero-order chi connectivity index (χ0) is 14.1. The molecule has 1 aliphatic heterocycles. The fourth-order valence-electron chi connectivity index (χ4n) is 2.23. The van der Waals surface area contributed by atoms with Crippen molar-refractivity contribution in [1.82, 2.24) is 5.32 Å². The third-order valence-corrected chi connectivity index (χ3v) is 3.35. The fraction of sp³-hybridized carbons (Fsp3) is 0.588. The molecular weight excluding hydrogens is 232 g/mol. The van der Waals surface area contributed by atoms with Gasteiger partial charge in [-0.05, 0) is 45.1 Å². The first-order valence-corrected chi connectivity index (χ1v) is 7.46. The first-order valence-electron chi connectivity index (χ1n) is 7.46. The Kier molecular flexibility index (Phi) is 7.24. The second kappa shape index (κ2) is 8.73. The van der Waals surface area contributed by atoms with Crippen LogP contribution < -0.4 is 5.32 Å². The summed E-state index contributed by atoms with van der Waals surface area (Å²) in [6.45, 7) is 11.2. The number of allylic oxidation sites excluding steroid dienone is 4. The van der Waals surface area contributed by atoms with Crippen LogP contribution in [0.5, 0.6) is 0 Å². The molecule has 0 amide bonds. The van der Waals surface area contributed by atoms with Gasteiger partial charge in [0.1, 0.15) is 0 Å². The Balaban J connectivity index is 2.48. The number of unbranched alkanes of at least 4 members (excludes halogenated alkanes) is 2. The molecule has 0 aliphatic carbocycles. The summed E-state index contributed by atoms with van der Waals surface area (Å²) < 4.78 is 0. The van der Waals surface area contributed by atoms with Crippen LogP contribution in [0.4, 0.5) is 0 Å². The molecular formula is C17H28N2. The van der Waals surface area contributed by atoms with Crippen molar-refractivity contribution in [2.45, 2.75) is 59.3 Å². The topological polar surface area (TPSA) is 24.4 Å². The van der Waals surface area contributed by atoms with Gasteiger partial charge in [-0.25, -0.2) is 0 Å². The lowest BCUT2D eigenvalue weighted by Crippen LogP contribution is -2.14. The van der Waals surface area contributed by atoms with E-state index in [4.69, 9.17) is 4.99 Å². The Morgan fingerprint density at radius 2 is 2.11 bits per heavy atom. The molecule has 0 spiro atoms. The molecule has 0 saturated carbocycles. The molecule has 1 aliphatic rings. The van der Waals surface area contributed by atoms with Crippen LogP contribution in [0.25, 0.3) is 0 Å². The SMILES string of the molecule is C=C(C)NCCC1=CCC=C(CCCCC)N=C1C. The molecule has 1 rings (SSSR count). The fourth-order valence-corrected chi connectivity index (χ4v) is 2.23. The average Bonchev–Trinajstić information content (AvgIpc) is 2.52. The number of aliphatic imine (C=N–C) groups is 1. The third kappa shape index (κ3) is 6.42. The van der Waals surface area contributed by atoms with E-state index in [9.17, 15) is 0 Å². The molecule has 106 valence electrons. The summed E-state index contributed by atoms with van der Waals surface area (Å²) in [7, 11) is 0. The Morgan fingerprint density at radius 3 is 2.79 bits per heavy atom. The molecule has 0 unspecified atom stereocenters. The monoisotopic (exact) mass is 260 g/mol. The quantitative estimate of drug-likeness (QED) is 0.625. The summed E-state index contributed by atoms with van der Waals surface area (Å²) in [5, 5.41) is 3.28. The van der Waals surface area contributed by atoms with Crippen molar-refractivity contribution in [3.05, 3.63) is 35.7 Å². The molecule has 0 saturated heterocycles. The van der Waals surface area contributed by atoms with Gasteiger partial charge < -0.3 is 5.32 Å². The summed E-state index contributed by atoms with van der Waals surface area (Å²) >= 11 is 0. The van der Waals surface area contributed by atoms with Gasteiger partial charge in [-0.15, -0.1) is 0 Å². The molecule has 1 N–H and O–H groups in total. The molecule has 0 aromatic carbocycles. The molecule has 2 heteroatoms. The van der Waals surface area contributed by atoms with Crippen LogP contribution in [-0.2, 0) is 0 Å². The number of rotatable bonds is 8. The van der Waals surface area contributed by atoms with Crippen LogP contribution >= 0.6 is 0 Å². The van der Waals surface area contributed by atoms with Gasteiger partial charge in [-0.1, -0.05) is 38.5 Å². The normalized spacial score (nSPS) is 15.2. The predicted molar refractivity (Wildman–Crippen MR) is 85.5 cm³/mol. The van der Waals surface area contributed by atoms with Crippen molar-refractivity contribution >= 4 is 5.71 Å². The Hall–Kier alpha value is -1.31. The van der Waals surface area contributed by atoms with Crippen molar-refractivity contribution < 1.29 is 0 Å². The van der Waals surface area contributed by atoms with Gasteiger partial charge in [0.05, 0.1) is 0 Å². The third-order valence-electron chi connectivity index (χ3n) is 3.35. The molecule has 0 aromatic heterocycles. The van der Waals surface area contributed by atoms with Crippen LogP contribution in [0.1, 0.15) is 59.3 Å². The summed E-state index contributed by atoms with van der Waals surface area (Å²) in [6, 6.07) is 0. The highest BCUT2D eigenvalue weighted by Gasteiger charge is 2.06. The lowest BCUT2D eigenvalue weighted by Gasteiger charge is -2.09. The van der Waals surface area contributed by atoms with Crippen LogP contribution in [0.15, 0.2) is 40.7 Å². The zero-order valence-electron chi connectivity index (χ0n) is 12.8. The van der Waals surface area contributed by atoms with Gasteiger partial charge in [-0.2, -0.15) is 0 Å². The molecule has 0 radical (unpaired) electrons. The lowest BCUT2D eigenvalue weighted by atomic mass is 10.1. The predicted octanol–water partition coefficient (Wildman–Crippen LogP) is 4.75. The smallest absolute Gasteiger partial charge is 0.0405 e. The zero-order valence-corrected chi connectivity index (χ0v) is 12.8. The van der Waals surface area contributed by atoms with Gasteiger partial charge in [0.25, 0.3) is 0 Å². The van der Waals surface area contributed by atoms with E-state index < -0.39 is 0 Å². The summed E-state index contributed by atoms with van der Waals surface area (Å²) in [5.41, 5.74) is 4.85. The first kappa shape index (κ1) is 15.7. The lowest BCUT2D eigenvalue weighted by molar-refractivity contribution is 0.709. The number of hydrogen-bond donors (Lipinski definition) is 1. The highest BCUT2D eigenvalue weighted by Crippen LogP contribution is 2.18. The van der Waals surface area contributed by atoms with Crippen molar-refractivity contribution in [2.24, 2.45) is 4.99 Å². The Bertz CT molecular complexity index is 386. The summed E-state index contributed by atoms with van der Waals surface area (Å²) in [6.07, 6.45) is 11.6. The second-order valence-corrected chi connectivity index (χ2v) is 5.27. The maximum absolute atomic E-state index is 4.79. The molecule has 0 atom stereocenters. The van der Waals surface area contributed by atoms with Gasteiger partial charge in [0.2, 0.25) is 0 Å². The van der Waals surface area contributed by atoms with Gasteiger partial charge in [0, 0.05) is 23.7 Å². The van der Waals surface area contributed by atoms with Gasteiger partial charge >= 0.3 is 0 Å². The van der Waals surface area contributed by atoms with E-state index in [0.29, 0.717) is 0 Å². The molecule has 0 fully saturated rings. The van der Waals surface area contributed by atoms with E-state index in [1.54, 1.807) is 0 Å². The molecule has 0 aromatic rings. The standard InChI is InChI=1S/C17H28N2/c1-5-6-7-10-17-11-8-9-16(15(4)19-17)12-13-18-14(2)3/h9,11,18H,2,5-8,10,12-13H2,1,3-4H3. The minimum Gasteiger partial charge on any atom is -0.389 e. The molecule has 0 bridgehead atoms. The molecule has 19 heavy (non-hydrogen) atoms. The van der Waals surface area contributed by atoms with Crippen LogP contribution in [-0.4, -0.2) is 12.3 Å². The minimum atomic E-state index is 0.944. The minimum absolute atomic E-state index is 0.944. The largest absolute Gasteiger partial charge is 0.389 e. The van der Waals surface area contributed by atoms with Crippen molar-refractivity contribution in [2.75, 3.05) is 6.54 Å². The molecule has 2 nitrogen and oxygen atoms in total. The highest BCUT2D eigenvalue weighted by atomic mass is 14.9. The number of hydrogen-bond acceptors (Lipinski definition) is 2. The van der Waals surface area contributed by atoms with E-state index in [1.165, 1.54) is 36.2 Å². The van der Waals surface area contributed by atoms with E-state index >= 15 is 0 Å². The van der Waals surface area contributed by atoms with Crippen molar-refractivity contribution in [3.8, 4) is 0 Å². The van der Waals surface area contributed by atoms with E-state index in [1.807, 2.05) is 6.92 Å². The van der Waals surface area contributed by atoms with E-state index in [0.717, 1.165) is 31.5 Å². The van der Waals surface area contributed by atoms with Gasteiger partial charge in [0.15, 0.2) is 0 Å². The maximum Gasteiger partial charge on any atom is 0.0405 e. The van der Waals surface area contributed by atoms with Crippen molar-refractivity contribution in [3.63, 3.8) is 0 Å².